The summed E-state index contributed by atoms with van der Waals surface area (Å²) in [7, 11) is 1.42. The molecule has 0 fully saturated rings. The summed E-state index contributed by atoms with van der Waals surface area (Å²) in [6.45, 7) is 0.280. The number of anilines is 1. The Morgan fingerprint density at radius 2 is 1.68 bits per heavy atom. The molecule has 28 heavy (non-hydrogen) atoms. The molecule has 144 valence electrons. The van der Waals surface area contributed by atoms with Crippen molar-refractivity contribution >= 4 is 15.9 Å². The lowest BCUT2D eigenvalue weighted by molar-refractivity contribution is 0.466. The Bertz CT molecular complexity index is 1100. The number of hydrogen-bond acceptors (Lipinski definition) is 6. The summed E-state index contributed by atoms with van der Waals surface area (Å²) in [4.78, 5) is 6.01. The minimum absolute atomic E-state index is 0.176. The Kier molecular flexibility index (Phi) is 5.49. The van der Waals surface area contributed by atoms with Gasteiger partial charge in [-0.05, 0) is 29.8 Å². The maximum Gasteiger partial charge on any atom is 0.243 e. The predicted octanol–water partition coefficient (Wildman–Crippen LogP) is 3.10. The number of rotatable bonds is 6. The van der Waals surface area contributed by atoms with E-state index >= 15 is 0 Å². The molecule has 1 heterocycles. The van der Waals surface area contributed by atoms with Gasteiger partial charge in [0.05, 0.1) is 4.90 Å². The minimum Gasteiger partial charge on any atom is -0.419 e. The van der Waals surface area contributed by atoms with Crippen molar-refractivity contribution in [3.8, 4) is 17.5 Å². The standard InChI is InChI=1S/C20H20N4O3S/c1-23(2)20-18(13-21)22-19(27-20)16-9-11-17(12-10-16)28(25,26)24(3)14-15-7-5-4-6-8-15/h4-12H,14H2,1-3H3. The van der Waals surface area contributed by atoms with Crippen LogP contribution in [0.5, 0.6) is 0 Å². The zero-order chi connectivity index (χ0) is 20.3. The summed E-state index contributed by atoms with van der Waals surface area (Å²) in [6.07, 6.45) is 0. The van der Waals surface area contributed by atoms with E-state index in [1.165, 1.54) is 16.4 Å². The van der Waals surface area contributed by atoms with E-state index in [2.05, 4.69) is 4.98 Å². The van der Waals surface area contributed by atoms with Crippen molar-refractivity contribution in [1.82, 2.24) is 9.29 Å². The van der Waals surface area contributed by atoms with Crippen LogP contribution in [-0.4, -0.2) is 38.9 Å². The summed E-state index contributed by atoms with van der Waals surface area (Å²) < 4.78 is 32.6. The van der Waals surface area contributed by atoms with E-state index in [-0.39, 0.29) is 23.0 Å². The van der Waals surface area contributed by atoms with Gasteiger partial charge in [-0.2, -0.15) is 14.6 Å². The van der Waals surface area contributed by atoms with Crippen LogP contribution in [0.25, 0.3) is 11.5 Å². The molecule has 1 aromatic heterocycles. The number of sulfonamides is 1. The van der Waals surface area contributed by atoms with Gasteiger partial charge in [0.15, 0.2) is 0 Å². The average Bonchev–Trinajstić information content (AvgIpc) is 3.13. The van der Waals surface area contributed by atoms with Gasteiger partial charge in [-0.3, -0.25) is 0 Å². The molecular formula is C20H20N4O3S. The van der Waals surface area contributed by atoms with E-state index in [0.29, 0.717) is 11.4 Å². The van der Waals surface area contributed by atoms with Gasteiger partial charge in [0.1, 0.15) is 6.07 Å². The van der Waals surface area contributed by atoms with Gasteiger partial charge in [-0.25, -0.2) is 8.42 Å². The highest BCUT2D eigenvalue weighted by atomic mass is 32.2. The number of nitrogens with zero attached hydrogens (tertiary/aromatic N) is 4. The van der Waals surface area contributed by atoms with E-state index in [4.69, 9.17) is 4.42 Å². The van der Waals surface area contributed by atoms with Gasteiger partial charge in [-0.1, -0.05) is 30.3 Å². The zero-order valence-corrected chi connectivity index (χ0v) is 16.6. The van der Waals surface area contributed by atoms with Crippen LogP contribution in [0.3, 0.4) is 0 Å². The van der Waals surface area contributed by atoms with Crippen molar-refractivity contribution < 1.29 is 12.8 Å². The van der Waals surface area contributed by atoms with Crippen LogP contribution in [0, 0.1) is 11.3 Å². The first-order chi connectivity index (χ1) is 13.3. The lowest BCUT2D eigenvalue weighted by atomic mass is 10.2. The monoisotopic (exact) mass is 396 g/mol. The van der Waals surface area contributed by atoms with E-state index < -0.39 is 10.0 Å². The van der Waals surface area contributed by atoms with E-state index in [9.17, 15) is 13.7 Å². The third-order valence-corrected chi connectivity index (χ3v) is 6.00. The maximum atomic E-state index is 12.8. The largest absolute Gasteiger partial charge is 0.419 e. The first kappa shape index (κ1) is 19.6. The van der Waals surface area contributed by atoms with Gasteiger partial charge >= 0.3 is 0 Å². The van der Waals surface area contributed by atoms with Crippen molar-refractivity contribution in [3.63, 3.8) is 0 Å². The van der Waals surface area contributed by atoms with E-state index in [1.54, 1.807) is 38.2 Å². The van der Waals surface area contributed by atoms with Crippen molar-refractivity contribution in [1.29, 1.82) is 5.26 Å². The Labute approximate surface area is 164 Å². The third kappa shape index (κ3) is 3.91. The van der Waals surface area contributed by atoms with E-state index in [1.807, 2.05) is 36.4 Å². The third-order valence-electron chi connectivity index (χ3n) is 4.18. The van der Waals surface area contributed by atoms with Gasteiger partial charge in [-0.15, -0.1) is 0 Å². The molecule has 0 aliphatic carbocycles. The molecule has 0 spiro atoms. The lowest BCUT2D eigenvalue weighted by Crippen LogP contribution is -2.26. The van der Waals surface area contributed by atoms with Crippen molar-refractivity contribution in [2.24, 2.45) is 0 Å². The molecule has 7 nitrogen and oxygen atoms in total. The second-order valence-corrected chi connectivity index (χ2v) is 8.49. The number of benzene rings is 2. The van der Waals surface area contributed by atoms with Crippen LogP contribution in [0.1, 0.15) is 11.3 Å². The molecule has 0 atom stereocenters. The highest BCUT2D eigenvalue weighted by Gasteiger charge is 2.22. The molecule has 3 rings (SSSR count). The van der Waals surface area contributed by atoms with Crippen LogP contribution in [-0.2, 0) is 16.6 Å². The smallest absolute Gasteiger partial charge is 0.243 e. The molecule has 0 unspecified atom stereocenters. The normalized spacial score (nSPS) is 11.4. The number of nitriles is 1. The molecule has 2 aromatic carbocycles. The predicted molar refractivity (Wildman–Crippen MR) is 106 cm³/mol. The highest BCUT2D eigenvalue weighted by Crippen LogP contribution is 2.28. The topological polar surface area (TPSA) is 90.4 Å². The van der Waals surface area contributed by atoms with Crippen LogP contribution < -0.4 is 4.90 Å². The maximum absolute atomic E-state index is 12.8. The van der Waals surface area contributed by atoms with Crippen LogP contribution >= 0.6 is 0 Å². The van der Waals surface area contributed by atoms with Gasteiger partial charge in [0, 0.05) is 33.3 Å². The second-order valence-electron chi connectivity index (χ2n) is 6.45. The Balaban J connectivity index is 1.85. The summed E-state index contributed by atoms with van der Waals surface area (Å²) in [6, 6.07) is 17.7. The van der Waals surface area contributed by atoms with Gasteiger partial charge < -0.3 is 9.32 Å². The molecule has 0 bridgehead atoms. The van der Waals surface area contributed by atoms with Crippen LogP contribution in [0.15, 0.2) is 63.9 Å². The lowest BCUT2D eigenvalue weighted by Gasteiger charge is -2.17. The summed E-state index contributed by atoms with van der Waals surface area (Å²) in [5, 5.41) is 9.18. The number of hydrogen-bond donors (Lipinski definition) is 0. The zero-order valence-electron chi connectivity index (χ0n) is 15.8. The van der Waals surface area contributed by atoms with E-state index in [0.717, 1.165) is 5.56 Å². The minimum atomic E-state index is -3.64. The quantitative estimate of drug-likeness (QED) is 0.636. The van der Waals surface area contributed by atoms with Crippen LogP contribution in [0.4, 0.5) is 5.88 Å². The highest BCUT2D eigenvalue weighted by molar-refractivity contribution is 7.89. The fourth-order valence-electron chi connectivity index (χ4n) is 2.69. The molecule has 8 heteroatoms. The molecular weight excluding hydrogens is 376 g/mol. The first-order valence-corrected chi connectivity index (χ1v) is 9.96. The molecule has 3 aromatic rings. The van der Waals surface area contributed by atoms with Crippen molar-refractivity contribution in [2.45, 2.75) is 11.4 Å². The molecule has 0 aliphatic rings. The summed E-state index contributed by atoms with van der Waals surface area (Å²) in [5.41, 5.74) is 1.68. The summed E-state index contributed by atoms with van der Waals surface area (Å²) >= 11 is 0. The first-order valence-electron chi connectivity index (χ1n) is 8.52. The Hall–Kier alpha value is -3.15. The molecule has 0 aliphatic heterocycles. The fraction of sp³-hybridized carbons (Fsp3) is 0.200. The number of oxazole rings is 1. The van der Waals surface area contributed by atoms with Crippen molar-refractivity contribution in [3.05, 3.63) is 65.9 Å². The van der Waals surface area contributed by atoms with Crippen LogP contribution in [0.2, 0.25) is 0 Å². The SMILES string of the molecule is CN(C)c1oc(-c2ccc(S(=O)(=O)N(C)Cc3ccccc3)cc2)nc1C#N. The Morgan fingerprint density at radius 3 is 2.21 bits per heavy atom. The number of aromatic nitrogens is 1. The molecule has 0 saturated heterocycles. The fourth-order valence-corrected chi connectivity index (χ4v) is 3.85. The van der Waals surface area contributed by atoms with Gasteiger partial charge in [0.2, 0.25) is 27.5 Å². The Morgan fingerprint density at radius 1 is 1.04 bits per heavy atom. The second kappa shape index (κ2) is 7.84. The molecule has 0 amide bonds. The summed E-state index contributed by atoms with van der Waals surface area (Å²) in [5.74, 6) is 0.624. The van der Waals surface area contributed by atoms with Gasteiger partial charge in [0.25, 0.3) is 0 Å². The molecule has 0 N–H and O–H groups in total. The average molecular weight is 396 g/mol. The molecule has 0 radical (unpaired) electrons. The molecule has 0 saturated carbocycles. The van der Waals surface area contributed by atoms with Crippen molar-refractivity contribution in [2.75, 3.05) is 26.0 Å².